The Morgan fingerprint density at radius 3 is 2.48 bits per heavy atom. The van der Waals surface area contributed by atoms with Gasteiger partial charge in [0.05, 0.1) is 42.1 Å². The number of benzene rings is 3. The van der Waals surface area contributed by atoms with Crippen LogP contribution in [0.2, 0.25) is 0 Å². The number of nitrogens with one attached hydrogen (secondary N) is 1. The molecule has 3 aliphatic rings. The SMILES string of the molecule is C=CCCC(=O)OC[C@@H](NC(=O)[C@H]1[C@@H]2O[C@@]3(CC2Br)[C@@H]1C(=O)N([C@@H](CO)Cc1ccccc1)[C@@H]3C(=O)N(CC=C)Cn1nnc2ccccc21)c1ccccc1. The van der Waals surface area contributed by atoms with Gasteiger partial charge in [0, 0.05) is 17.8 Å². The molecule has 7 rings (SSSR count). The summed E-state index contributed by atoms with van der Waals surface area (Å²) in [5.74, 6) is -3.83. The number of halogens is 1. The van der Waals surface area contributed by atoms with Crippen molar-refractivity contribution in [1.29, 1.82) is 0 Å². The number of rotatable bonds is 17. The average molecular weight is 826 g/mol. The van der Waals surface area contributed by atoms with Crippen LogP contribution in [0.3, 0.4) is 0 Å². The number of carbonyl (C=O) groups excluding carboxylic acids is 4. The van der Waals surface area contributed by atoms with Crippen molar-refractivity contribution in [2.75, 3.05) is 19.8 Å². The molecule has 1 aromatic heterocycles. The molecular weight excluding hydrogens is 780 g/mol. The maximum absolute atomic E-state index is 15.2. The summed E-state index contributed by atoms with van der Waals surface area (Å²) in [6, 6.07) is 23.2. The number of fused-ring (bicyclic) bond motifs is 2. The highest BCUT2D eigenvalue weighted by Crippen LogP contribution is 2.60. The monoisotopic (exact) mass is 824 g/mol. The number of allylic oxidation sites excluding steroid dienone is 1. The van der Waals surface area contributed by atoms with E-state index < -0.39 is 72.0 Å². The summed E-state index contributed by atoms with van der Waals surface area (Å²) < 4.78 is 14.0. The number of aliphatic hydroxyl groups is 1. The lowest BCUT2D eigenvalue weighted by Crippen LogP contribution is -2.59. The van der Waals surface area contributed by atoms with Crippen LogP contribution < -0.4 is 5.32 Å². The molecule has 13 nitrogen and oxygen atoms in total. The van der Waals surface area contributed by atoms with Crippen molar-refractivity contribution in [3.8, 4) is 0 Å². The summed E-state index contributed by atoms with van der Waals surface area (Å²) in [5.41, 5.74) is 1.54. The van der Waals surface area contributed by atoms with Gasteiger partial charge >= 0.3 is 5.97 Å². The molecule has 2 bridgehead atoms. The van der Waals surface area contributed by atoms with Crippen molar-refractivity contribution in [3.05, 3.63) is 121 Å². The molecule has 3 saturated heterocycles. The molecule has 0 aliphatic carbocycles. The standard InChI is InChI=1S/C42H45BrN6O7/c1-3-5-20-34(51)55-25-32(28-16-10-7-11-17-28)44-39(52)35-36-40(53)49(29(24-50)22-27-14-8-6-9-15-27)38(42(36)23-30(43)37(35)56-42)41(54)47(21-4-2)26-48-33-19-13-12-18-31(33)45-46-48/h3-4,6-19,29-30,32,35-38,50H,1-2,5,20-26H2,(H,44,52)/t29-,30?,32-,35-,36+,37-,38-,42+/m1/s1. The molecule has 292 valence electrons. The number of para-hydroxylation sites is 1. The van der Waals surface area contributed by atoms with Gasteiger partial charge in [-0.15, -0.1) is 18.3 Å². The minimum Gasteiger partial charge on any atom is -0.463 e. The van der Waals surface area contributed by atoms with Crippen LogP contribution in [0.25, 0.3) is 11.0 Å². The van der Waals surface area contributed by atoms with Gasteiger partial charge in [0.15, 0.2) is 0 Å². The van der Waals surface area contributed by atoms with E-state index in [4.69, 9.17) is 9.47 Å². The fraction of sp³-hybridized carbons (Fsp3) is 0.381. The average Bonchev–Trinajstić information content (AvgIpc) is 3.94. The number of carbonyl (C=O) groups is 4. The van der Waals surface area contributed by atoms with Crippen LogP contribution in [0.1, 0.15) is 36.4 Å². The summed E-state index contributed by atoms with van der Waals surface area (Å²) in [6.07, 6.45) is 3.62. The van der Waals surface area contributed by atoms with Crippen LogP contribution >= 0.6 is 15.9 Å². The maximum atomic E-state index is 15.2. The van der Waals surface area contributed by atoms with Gasteiger partial charge in [0.25, 0.3) is 0 Å². The van der Waals surface area contributed by atoms with Crippen LogP contribution in [-0.2, 0) is 41.7 Å². The number of ether oxygens (including phenoxy) is 2. The van der Waals surface area contributed by atoms with E-state index in [1.165, 1.54) is 4.90 Å². The zero-order valence-electron chi connectivity index (χ0n) is 30.9. The number of likely N-dealkylation sites (tertiary alicyclic amines) is 1. The third-order valence-corrected chi connectivity index (χ3v) is 11.9. The van der Waals surface area contributed by atoms with Crippen molar-refractivity contribution in [1.82, 2.24) is 30.1 Å². The van der Waals surface area contributed by atoms with Gasteiger partial charge in [0.1, 0.15) is 30.4 Å². The van der Waals surface area contributed by atoms with E-state index in [-0.39, 0.29) is 43.9 Å². The highest BCUT2D eigenvalue weighted by Gasteiger charge is 2.77. The van der Waals surface area contributed by atoms with Gasteiger partial charge in [-0.2, -0.15) is 0 Å². The molecule has 4 heterocycles. The van der Waals surface area contributed by atoms with E-state index in [2.05, 4.69) is 44.7 Å². The Morgan fingerprint density at radius 2 is 1.77 bits per heavy atom. The Kier molecular flexibility index (Phi) is 11.8. The fourth-order valence-corrected chi connectivity index (χ4v) is 9.49. The van der Waals surface area contributed by atoms with E-state index in [1.54, 1.807) is 21.7 Å². The predicted octanol–water partition coefficient (Wildman–Crippen LogP) is 4.12. The van der Waals surface area contributed by atoms with Gasteiger partial charge in [-0.05, 0) is 42.5 Å². The van der Waals surface area contributed by atoms with Gasteiger partial charge in [0.2, 0.25) is 17.7 Å². The number of amides is 3. The summed E-state index contributed by atoms with van der Waals surface area (Å²) in [4.78, 5) is 60.1. The topological polar surface area (TPSA) is 156 Å². The van der Waals surface area contributed by atoms with Crippen molar-refractivity contribution in [2.24, 2.45) is 11.8 Å². The van der Waals surface area contributed by atoms with Crippen molar-refractivity contribution >= 4 is 50.7 Å². The summed E-state index contributed by atoms with van der Waals surface area (Å²) in [7, 11) is 0. The van der Waals surface area contributed by atoms with Crippen LogP contribution in [0, 0.1) is 11.8 Å². The number of esters is 1. The Balaban J connectivity index is 1.25. The van der Waals surface area contributed by atoms with E-state index in [0.717, 1.165) is 11.1 Å². The Labute approximate surface area is 333 Å². The van der Waals surface area contributed by atoms with E-state index in [1.807, 2.05) is 84.9 Å². The smallest absolute Gasteiger partial charge is 0.306 e. The van der Waals surface area contributed by atoms with E-state index in [0.29, 0.717) is 17.5 Å². The maximum Gasteiger partial charge on any atom is 0.306 e. The minimum absolute atomic E-state index is 0.00246. The molecule has 3 amide bonds. The number of nitrogens with zero attached hydrogens (tertiary/aromatic N) is 5. The second kappa shape index (κ2) is 16.9. The number of aromatic nitrogens is 3. The summed E-state index contributed by atoms with van der Waals surface area (Å²) in [5, 5.41) is 22.6. The highest BCUT2D eigenvalue weighted by atomic mass is 79.9. The first-order chi connectivity index (χ1) is 27.2. The number of aliphatic hydroxyl groups excluding tert-OH is 1. The van der Waals surface area contributed by atoms with Gasteiger partial charge < -0.3 is 29.7 Å². The molecule has 56 heavy (non-hydrogen) atoms. The first-order valence-corrected chi connectivity index (χ1v) is 19.7. The molecule has 4 aromatic rings. The molecule has 1 spiro atoms. The lowest BCUT2D eigenvalue weighted by atomic mass is 9.70. The predicted molar refractivity (Wildman–Crippen MR) is 211 cm³/mol. The molecule has 14 heteroatoms. The second-order valence-corrected chi connectivity index (χ2v) is 15.7. The first kappa shape index (κ1) is 39.1. The zero-order chi connectivity index (χ0) is 39.4. The third kappa shape index (κ3) is 7.40. The number of alkyl halides is 1. The Hall–Kier alpha value is -5.18. The van der Waals surface area contributed by atoms with Crippen molar-refractivity contribution < 1.29 is 33.8 Å². The number of hydrogen-bond donors (Lipinski definition) is 2. The highest BCUT2D eigenvalue weighted by molar-refractivity contribution is 9.09. The molecule has 1 unspecified atom stereocenters. The molecule has 8 atom stereocenters. The molecule has 2 N–H and O–H groups in total. The molecule has 0 saturated carbocycles. The lowest BCUT2D eigenvalue weighted by Gasteiger charge is -2.39. The van der Waals surface area contributed by atoms with Gasteiger partial charge in [-0.1, -0.05) is 106 Å². The number of hydrogen-bond acceptors (Lipinski definition) is 9. The van der Waals surface area contributed by atoms with Crippen LogP contribution in [0.15, 0.2) is 110 Å². The normalized spacial score (nSPS) is 24.7. The minimum atomic E-state index is -1.41. The van der Waals surface area contributed by atoms with Gasteiger partial charge in [-0.25, -0.2) is 4.68 Å². The quantitative estimate of drug-likeness (QED) is 0.0909. The summed E-state index contributed by atoms with van der Waals surface area (Å²) in [6.45, 7) is 7.12. The molecular formula is C42H45BrN6O7. The molecule has 3 aliphatic heterocycles. The Bertz CT molecular complexity index is 2080. The fourth-order valence-electron chi connectivity index (χ4n) is 8.55. The van der Waals surface area contributed by atoms with Crippen molar-refractivity contribution in [3.63, 3.8) is 0 Å². The first-order valence-electron chi connectivity index (χ1n) is 18.8. The molecule has 3 fully saturated rings. The van der Waals surface area contributed by atoms with Crippen LogP contribution in [-0.4, -0.2) is 102 Å². The lowest BCUT2D eigenvalue weighted by molar-refractivity contribution is -0.152. The van der Waals surface area contributed by atoms with Gasteiger partial charge in [-0.3, -0.25) is 19.2 Å². The van der Waals surface area contributed by atoms with E-state index >= 15 is 9.59 Å². The van der Waals surface area contributed by atoms with E-state index in [9.17, 15) is 14.7 Å². The summed E-state index contributed by atoms with van der Waals surface area (Å²) >= 11 is 3.76. The van der Waals surface area contributed by atoms with Crippen LogP contribution in [0.5, 0.6) is 0 Å². The third-order valence-electron chi connectivity index (χ3n) is 11.1. The second-order valence-electron chi connectivity index (χ2n) is 14.5. The molecule has 0 radical (unpaired) electrons. The Morgan fingerprint density at radius 1 is 1.05 bits per heavy atom. The largest absolute Gasteiger partial charge is 0.463 e. The zero-order valence-corrected chi connectivity index (χ0v) is 32.4. The van der Waals surface area contributed by atoms with Crippen molar-refractivity contribution in [2.45, 2.75) is 67.0 Å². The van der Waals surface area contributed by atoms with Crippen LogP contribution in [0.4, 0.5) is 0 Å². The molecule has 3 aromatic carbocycles.